The number of hydrogen-bond acceptors (Lipinski definition) is 3. The van der Waals surface area contributed by atoms with Crippen molar-refractivity contribution in [3.8, 4) is 5.75 Å². The van der Waals surface area contributed by atoms with Crippen molar-refractivity contribution in [3.63, 3.8) is 0 Å². The number of nitrogens with one attached hydrogen (secondary N) is 1. The third kappa shape index (κ3) is 2.62. The number of aromatic nitrogens is 2. The molecule has 2 rings (SSSR count). The Morgan fingerprint density at radius 3 is 2.83 bits per heavy atom. The summed E-state index contributed by atoms with van der Waals surface area (Å²) in [7, 11) is 0. The SMILES string of the molecule is CC(C(=O)Nc1ccccc1O)n1cc(Cl)cn1. The van der Waals surface area contributed by atoms with E-state index in [1.54, 1.807) is 31.3 Å². The van der Waals surface area contributed by atoms with Crippen molar-refractivity contribution in [2.45, 2.75) is 13.0 Å². The topological polar surface area (TPSA) is 67.2 Å². The minimum atomic E-state index is -0.517. The molecule has 1 unspecified atom stereocenters. The van der Waals surface area contributed by atoms with Gasteiger partial charge in [-0.05, 0) is 19.1 Å². The van der Waals surface area contributed by atoms with Gasteiger partial charge in [-0.25, -0.2) is 0 Å². The number of amides is 1. The third-order valence-corrected chi connectivity index (χ3v) is 2.70. The summed E-state index contributed by atoms with van der Waals surface area (Å²) in [6, 6.07) is 6.02. The summed E-state index contributed by atoms with van der Waals surface area (Å²) >= 11 is 5.74. The van der Waals surface area contributed by atoms with E-state index in [2.05, 4.69) is 10.4 Å². The van der Waals surface area contributed by atoms with E-state index in [4.69, 9.17) is 11.6 Å². The Kier molecular flexibility index (Phi) is 3.53. The van der Waals surface area contributed by atoms with Gasteiger partial charge in [-0.1, -0.05) is 23.7 Å². The van der Waals surface area contributed by atoms with Gasteiger partial charge < -0.3 is 10.4 Å². The second-order valence-electron chi connectivity index (χ2n) is 3.82. The molecule has 0 radical (unpaired) electrons. The lowest BCUT2D eigenvalue weighted by Crippen LogP contribution is -2.24. The smallest absolute Gasteiger partial charge is 0.249 e. The highest BCUT2D eigenvalue weighted by molar-refractivity contribution is 6.30. The normalized spacial score (nSPS) is 12.1. The third-order valence-electron chi connectivity index (χ3n) is 2.51. The van der Waals surface area contributed by atoms with E-state index in [1.165, 1.54) is 16.9 Å². The number of carbonyl (C=O) groups is 1. The van der Waals surface area contributed by atoms with E-state index in [1.807, 2.05) is 0 Å². The standard InChI is InChI=1S/C12H12ClN3O2/c1-8(16-7-9(13)6-14-16)12(18)15-10-4-2-3-5-11(10)17/h2-8,17H,1H3,(H,15,18). The zero-order valence-electron chi connectivity index (χ0n) is 9.67. The van der Waals surface area contributed by atoms with Gasteiger partial charge in [0.15, 0.2) is 0 Å². The van der Waals surface area contributed by atoms with Gasteiger partial charge in [0, 0.05) is 6.20 Å². The molecule has 0 saturated heterocycles. The molecule has 0 spiro atoms. The molecule has 6 heteroatoms. The molecule has 1 aromatic carbocycles. The van der Waals surface area contributed by atoms with E-state index < -0.39 is 6.04 Å². The average Bonchev–Trinajstić information content (AvgIpc) is 2.78. The number of benzene rings is 1. The molecule has 94 valence electrons. The van der Waals surface area contributed by atoms with Crippen LogP contribution >= 0.6 is 11.6 Å². The number of halogens is 1. The summed E-state index contributed by atoms with van der Waals surface area (Å²) < 4.78 is 1.46. The Labute approximate surface area is 109 Å². The Bertz CT molecular complexity index is 568. The van der Waals surface area contributed by atoms with Crippen molar-refractivity contribution < 1.29 is 9.90 Å². The minimum absolute atomic E-state index is 0.0246. The molecule has 0 bridgehead atoms. The summed E-state index contributed by atoms with van der Waals surface area (Å²) in [4.78, 5) is 11.9. The second kappa shape index (κ2) is 5.10. The van der Waals surface area contributed by atoms with Gasteiger partial charge in [0.05, 0.1) is 16.9 Å². The monoisotopic (exact) mass is 265 g/mol. The van der Waals surface area contributed by atoms with E-state index in [0.717, 1.165) is 0 Å². The van der Waals surface area contributed by atoms with Crippen LogP contribution in [0.5, 0.6) is 5.75 Å². The molecule has 1 amide bonds. The number of nitrogens with zero attached hydrogens (tertiary/aromatic N) is 2. The molecule has 0 aliphatic heterocycles. The number of phenols is 1. The van der Waals surface area contributed by atoms with E-state index in [0.29, 0.717) is 10.7 Å². The van der Waals surface area contributed by atoms with Gasteiger partial charge in [0.2, 0.25) is 5.91 Å². The highest BCUT2D eigenvalue weighted by Crippen LogP contribution is 2.22. The van der Waals surface area contributed by atoms with Crippen LogP contribution in [0.25, 0.3) is 0 Å². The lowest BCUT2D eigenvalue weighted by atomic mass is 10.2. The molecule has 1 aromatic heterocycles. The van der Waals surface area contributed by atoms with Crippen LogP contribution in [0, 0.1) is 0 Å². The zero-order valence-corrected chi connectivity index (χ0v) is 10.4. The first-order valence-electron chi connectivity index (χ1n) is 5.36. The fraction of sp³-hybridized carbons (Fsp3) is 0.167. The summed E-state index contributed by atoms with van der Waals surface area (Å²) in [6.45, 7) is 1.69. The van der Waals surface area contributed by atoms with Crippen LogP contribution in [0.1, 0.15) is 13.0 Å². The molecule has 0 aliphatic carbocycles. The van der Waals surface area contributed by atoms with Crippen LogP contribution in [0.4, 0.5) is 5.69 Å². The maximum absolute atomic E-state index is 11.9. The highest BCUT2D eigenvalue weighted by atomic mass is 35.5. The molecule has 2 aromatic rings. The summed E-state index contributed by atoms with van der Waals surface area (Å²) in [5.41, 5.74) is 0.368. The van der Waals surface area contributed by atoms with Crippen LogP contribution in [-0.2, 0) is 4.79 Å². The molecular weight excluding hydrogens is 254 g/mol. The first kappa shape index (κ1) is 12.4. The molecule has 0 saturated carbocycles. The molecule has 0 fully saturated rings. The molecule has 5 nitrogen and oxygen atoms in total. The number of para-hydroxylation sites is 2. The summed E-state index contributed by atoms with van der Waals surface area (Å²) in [5.74, 6) is -0.257. The molecule has 0 aliphatic rings. The van der Waals surface area contributed by atoms with Gasteiger partial charge in [0.1, 0.15) is 11.8 Å². The average molecular weight is 266 g/mol. The van der Waals surface area contributed by atoms with Gasteiger partial charge in [0.25, 0.3) is 0 Å². The lowest BCUT2D eigenvalue weighted by molar-refractivity contribution is -0.119. The zero-order chi connectivity index (χ0) is 13.1. The van der Waals surface area contributed by atoms with Crippen molar-refractivity contribution in [2.24, 2.45) is 0 Å². The molecular formula is C12H12ClN3O2. The quantitative estimate of drug-likeness (QED) is 0.838. The molecule has 1 atom stereocenters. The van der Waals surface area contributed by atoms with Crippen molar-refractivity contribution in [3.05, 3.63) is 41.7 Å². The van der Waals surface area contributed by atoms with Crippen LogP contribution in [0.15, 0.2) is 36.7 Å². The fourth-order valence-electron chi connectivity index (χ4n) is 1.46. The van der Waals surface area contributed by atoms with Crippen molar-refractivity contribution in [2.75, 3.05) is 5.32 Å². The lowest BCUT2D eigenvalue weighted by Gasteiger charge is -2.13. The van der Waals surface area contributed by atoms with Crippen molar-refractivity contribution in [1.82, 2.24) is 9.78 Å². The molecule has 1 heterocycles. The second-order valence-corrected chi connectivity index (χ2v) is 4.26. The fourth-order valence-corrected chi connectivity index (χ4v) is 1.61. The van der Waals surface area contributed by atoms with Crippen LogP contribution in [0.3, 0.4) is 0 Å². The largest absolute Gasteiger partial charge is 0.506 e. The van der Waals surface area contributed by atoms with E-state index in [-0.39, 0.29) is 11.7 Å². The predicted molar refractivity (Wildman–Crippen MR) is 68.7 cm³/mol. The first-order chi connectivity index (χ1) is 8.58. The van der Waals surface area contributed by atoms with Crippen molar-refractivity contribution in [1.29, 1.82) is 0 Å². The van der Waals surface area contributed by atoms with Gasteiger partial charge >= 0.3 is 0 Å². The first-order valence-corrected chi connectivity index (χ1v) is 5.74. The number of phenolic OH excluding ortho intramolecular Hbond substituents is 1. The number of rotatable bonds is 3. The molecule has 18 heavy (non-hydrogen) atoms. The van der Waals surface area contributed by atoms with Crippen molar-refractivity contribution >= 4 is 23.2 Å². The Hall–Kier alpha value is -2.01. The number of carbonyl (C=O) groups excluding carboxylic acids is 1. The molecule has 2 N–H and O–H groups in total. The highest BCUT2D eigenvalue weighted by Gasteiger charge is 2.16. The maximum atomic E-state index is 11.9. The minimum Gasteiger partial charge on any atom is -0.506 e. The predicted octanol–water partition coefficient (Wildman–Crippen LogP) is 2.44. The van der Waals surface area contributed by atoms with Gasteiger partial charge in [-0.3, -0.25) is 9.48 Å². The van der Waals surface area contributed by atoms with Crippen LogP contribution < -0.4 is 5.32 Å². The Morgan fingerprint density at radius 1 is 1.50 bits per heavy atom. The van der Waals surface area contributed by atoms with E-state index >= 15 is 0 Å². The van der Waals surface area contributed by atoms with Crippen LogP contribution in [0.2, 0.25) is 5.02 Å². The summed E-state index contributed by atoms with van der Waals surface area (Å²) in [5, 5.41) is 16.6. The number of hydrogen-bond donors (Lipinski definition) is 2. The maximum Gasteiger partial charge on any atom is 0.249 e. The van der Waals surface area contributed by atoms with Gasteiger partial charge in [-0.15, -0.1) is 0 Å². The Morgan fingerprint density at radius 2 is 2.22 bits per heavy atom. The van der Waals surface area contributed by atoms with Gasteiger partial charge in [-0.2, -0.15) is 5.10 Å². The number of aromatic hydroxyl groups is 1. The summed E-state index contributed by atoms with van der Waals surface area (Å²) in [6.07, 6.45) is 3.03. The Balaban J connectivity index is 2.11. The number of anilines is 1. The van der Waals surface area contributed by atoms with Crippen LogP contribution in [-0.4, -0.2) is 20.8 Å². The van der Waals surface area contributed by atoms with E-state index in [9.17, 15) is 9.90 Å².